The molecule has 154 valence electrons. The lowest BCUT2D eigenvalue weighted by Gasteiger charge is -2.12. The molecule has 2 N–H and O–H groups in total. The number of benzene rings is 1. The summed E-state index contributed by atoms with van der Waals surface area (Å²) in [6.07, 6.45) is 6.66. The molecule has 1 aromatic carbocycles. The number of rotatable bonds is 11. The van der Waals surface area contributed by atoms with Crippen molar-refractivity contribution in [3.63, 3.8) is 0 Å². The normalized spacial score (nSPS) is 10.7. The maximum absolute atomic E-state index is 5.63. The summed E-state index contributed by atoms with van der Waals surface area (Å²) < 4.78 is 10.8. The Morgan fingerprint density at radius 1 is 1.07 bits per heavy atom. The van der Waals surface area contributed by atoms with Gasteiger partial charge in [0, 0.05) is 19.3 Å². The number of methoxy groups -OCH3 is 1. The van der Waals surface area contributed by atoms with Crippen LogP contribution in [0.3, 0.4) is 0 Å². The van der Waals surface area contributed by atoms with Crippen molar-refractivity contribution >= 4 is 29.9 Å². The van der Waals surface area contributed by atoms with Gasteiger partial charge >= 0.3 is 0 Å². The van der Waals surface area contributed by atoms with Gasteiger partial charge in [-0.05, 0) is 56.0 Å². The quantitative estimate of drug-likeness (QED) is 0.214. The predicted octanol–water partition coefficient (Wildman–Crippen LogP) is 3.67. The van der Waals surface area contributed by atoms with E-state index in [4.69, 9.17) is 9.47 Å². The maximum atomic E-state index is 5.63. The van der Waals surface area contributed by atoms with Crippen molar-refractivity contribution in [2.24, 2.45) is 4.99 Å². The highest BCUT2D eigenvalue weighted by atomic mass is 127. The van der Waals surface area contributed by atoms with Crippen molar-refractivity contribution in [1.82, 2.24) is 15.6 Å². The number of nitrogens with one attached hydrogen (secondary N) is 2. The third-order valence-electron chi connectivity index (χ3n) is 3.94. The molecule has 1 aromatic heterocycles. The number of guanidine groups is 1. The van der Waals surface area contributed by atoms with E-state index in [0.717, 1.165) is 49.8 Å². The summed E-state index contributed by atoms with van der Waals surface area (Å²) in [6.45, 7) is 4.95. The summed E-state index contributed by atoms with van der Waals surface area (Å²) in [6, 6.07) is 12.0. The van der Waals surface area contributed by atoms with Gasteiger partial charge in [0.2, 0.25) is 0 Å². The van der Waals surface area contributed by atoms with Crippen LogP contribution in [0.1, 0.15) is 25.3 Å². The minimum absolute atomic E-state index is 0. The lowest BCUT2D eigenvalue weighted by atomic mass is 10.1. The van der Waals surface area contributed by atoms with Gasteiger partial charge in [0.15, 0.2) is 5.96 Å². The SMILES string of the molecule is CCNC(=NCCCCc1ccc(OC)cc1)NCCOc1cccnc1.I. The fourth-order valence-electron chi connectivity index (χ4n) is 2.54. The van der Waals surface area contributed by atoms with E-state index >= 15 is 0 Å². The van der Waals surface area contributed by atoms with Crippen LogP contribution in [0.25, 0.3) is 0 Å². The van der Waals surface area contributed by atoms with Crippen LogP contribution in [0.15, 0.2) is 53.8 Å². The molecule has 0 radical (unpaired) electrons. The zero-order chi connectivity index (χ0) is 19.2. The highest BCUT2D eigenvalue weighted by molar-refractivity contribution is 14.0. The average molecular weight is 498 g/mol. The smallest absolute Gasteiger partial charge is 0.191 e. The standard InChI is InChI=1S/C21H30N4O2.HI/c1-3-23-21(25-15-16-27-20-8-6-13-22-17-20)24-14-5-4-7-18-9-11-19(26-2)12-10-18;/h6,8-13,17H,3-5,7,14-16H2,1-2H3,(H2,23,24,25);1H. The first kappa shape index (κ1) is 24.0. The van der Waals surface area contributed by atoms with Crippen LogP contribution < -0.4 is 20.1 Å². The van der Waals surface area contributed by atoms with E-state index < -0.39 is 0 Å². The minimum atomic E-state index is 0. The Kier molecular flexibility index (Phi) is 12.8. The number of aryl methyl sites for hydroxylation is 1. The van der Waals surface area contributed by atoms with Gasteiger partial charge in [-0.25, -0.2) is 0 Å². The molecule has 0 saturated carbocycles. The first-order valence-corrected chi connectivity index (χ1v) is 9.49. The number of aliphatic imine (C=N–C) groups is 1. The molecule has 0 aliphatic heterocycles. The third kappa shape index (κ3) is 9.77. The van der Waals surface area contributed by atoms with Crippen molar-refractivity contribution in [2.45, 2.75) is 26.2 Å². The van der Waals surface area contributed by atoms with Crippen molar-refractivity contribution in [2.75, 3.05) is 33.4 Å². The monoisotopic (exact) mass is 498 g/mol. The second-order valence-electron chi connectivity index (χ2n) is 6.03. The number of ether oxygens (including phenoxy) is 2. The number of aromatic nitrogens is 1. The number of pyridine rings is 1. The average Bonchev–Trinajstić information content (AvgIpc) is 2.72. The largest absolute Gasteiger partial charge is 0.497 e. The Bertz CT molecular complexity index is 666. The number of hydrogen-bond donors (Lipinski definition) is 2. The number of unbranched alkanes of at least 4 members (excludes halogenated alkanes) is 1. The summed E-state index contributed by atoms with van der Waals surface area (Å²) in [7, 11) is 1.69. The molecule has 0 aliphatic rings. The van der Waals surface area contributed by atoms with Crippen LogP contribution in [0.4, 0.5) is 0 Å². The molecule has 1 heterocycles. The zero-order valence-corrected chi connectivity index (χ0v) is 19.0. The fourth-order valence-corrected chi connectivity index (χ4v) is 2.54. The molecule has 0 amide bonds. The Morgan fingerprint density at radius 3 is 2.57 bits per heavy atom. The summed E-state index contributed by atoms with van der Waals surface area (Å²) in [5, 5.41) is 6.55. The molecule has 6 nitrogen and oxygen atoms in total. The summed E-state index contributed by atoms with van der Waals surface area (Å²) in [5.74, 6) is 2.51. The molecule has 0 atom stereocenters. The van der Waals surface area contributed by atoms with E-state index in [9.17, 15) is 0 Å². The van der Waals surface area contributed by atoms with Gasteiger partial charge < -0.3 is 20.1 Å². The lowest BCUT2D eigenvalue weighted by molar-refractivity contribution is 0.320. The van der Waals surface area contributed by atoms with Crippen molar-refractivity contribution < 1.29 is 9.47 Å². The molecule has 0 aliphatic carbocycles. The topological polar surface area (TPSA) is 67.8 Å². The van der Waals surface area contributed by atoms with Gasteiger partial charge in [0.1, 0.15) is 18.1 Å². The second-order valence-corrected chi connectivity index (χ2v) is 6.03. The van der Waals surface area contributed by atoms with E-state index in [-0.39, 0.29) is 24.0 Å². The highest BCUT2D eigenvalue weighted by Crippen LogP contribution is 2.13. The van der Waals surface area contributed by atoms with Gasteiger partial charge in [-0.3, -0.25) is 9.98 Å². The van der Waals surface area contributed by atoms with Crippen LogP contribution in [0.2, 0.25) is 0 Å². The van der Waals surface area contributed by atoms with E-state index in [1.54, 1.807) is 19.5 Å². The highest BCUT2D eigenvalue weighted by Gasteiger charge is 1.99. The van der Waals surface area contributed by atoms with Gasteiger partial charge in [-0.2, -0.15) is 0 Å². The summed E-state index contributed by atoms with van der Waals surface area (Å²) >= 11 is 0. The molecule has 7 heteroatoms. The molecular formula is C21H31IN4O2. The van der Waals surface area contributed by atoms with Crippen LogP contribution in [0, 0.1) is 0 Å². The molecule has 0 saturated heterocycles. The Labute approximate surface area is 185 Å². The summed E-state index contributed by atoms with van der Waals surface area (Å²) in [4.78, 5) is 8.65. The maximum Gasteiger partial charge on any atom is 0.191 e. The van der Waals surface area contributed by atoms with Crippen LogP contribution in [0.5, 0.6) is 11.5 Å². The zero-order valence-electron chi connectivity index (χ0n) is 16.7. The van der Waals surface area contributed by atoms with Gasteiger partial charge in [0.05, 0.1) is 19.9 Å². The molecule has 0 bridgehead atoms. The van der Waals surface area contributed by atoms with Crippen molar-refractivity contribution in [3.8, 4) is 11.5 Å². The first-order valence-electron chi connectivity index (χ1n) is 9.49. The number of hydrogen-bond acceptors (Lipinski definition) is 4. The molecule has 2 rings (SSSR count). The van der Waals surface area contributed by atoms with Gasteiger partial charge in [-0.1, -0.05) is 12.1 Å². The van der Waals surface area contributed by atoms with Crippen molar-refractivity contribution in [3.05, 3.63) is 54.4 Å². The minimum Gasteiger partial charge on any atom is -0.497 e. The molecule has 0 fully saturated rings. The Hall–Kier alpha value is -2.03. The Balaban J connectivity index is 0.00000392. The molecular weight excluding hydrogens is 467 g/mol. The number of halogens is 1. The van der Waals surface area contributed by atoms with Crippen LogP contribution in [-0.2, 0) is 6.42 Å². The van der Waals surface area contributed by atoms with Gasteiger partial charge in [0.25, 0.3) is 0 Å². The van der Waals surface area contributed by atoms with E-state index in [1.165, 1.54) is 5.56 Å². The van der Waals surface area contributed by atoms with E-state index in [0.29, 0.717) is 13.2 Å². The van der Waals surface area contributed by atoms with E-state index in [2.05, 4.69) is 39.7 Å². The van der Waals surface area contributed by atoms with Crippen LogP contribution in [-0.4, -0.2) is 44.3 Å². The van der Waals surface area contributed by atoms with Crippen LogP contribution >= 0.6 is 24.0 Å². The third-order valence-corrected chi connectivity index (χ3v) is 3.94. The number of nitrogens with zero attached hydrogens (tertiary/aromatic N) is 2. The Morgan fingerprint density at radius 2 is 1.89 bits per heavy atom. The first-order chi connectivity index (χ1) is 13.3. The van der Waals surface area contributed by atoms with Crippen molar-refractivity contribution in [1.29, 1.82) is 0 Å². The molecule has 2 aromatic rings. The predicted molar refractivity (Wildman–Crippen MR) is 125 cm³/mol. The summed E-state index contributed by atoms with van der Waals surface area (Å²) in [5.41, 5.74) is 1.33. The lowest BCUT2D eigenvalue weighted by Crippen LogP contribution is -2.39. The second kappa shape index (κ2) is 15.0. The molecule has 0 spiro atoms. The fraction of sp³-hybridized carbons (Fsp3) is 0.429. The molecule has 0 unspecified atom stereocenters. The molecule has 28 heavy (non-hydrogen) atoms. The van der Waals surface area contributed by atoms with Gasteiger partial charge in [-0.15, -0.1) is 24.0 Å². The van der Waals surface area contributed by atoms with E-state index in [1.807, 2.05) is 24.3 Å².